The molecule has 0 aliphatic rings. The average Bonchev–Trinajstić information content (AvgIpc) is 3.01. The van der Waals surface area contributed by atoms with E-state index in [4.69, 9.17) is 0 Å². The summed E-state index contributed by atoms with van der Waals surface area (Å²) in [6.45, 7) is 3.85. The molecule has 0 radical (unpaired) electrons. The molecule has 0 heterocycles. The van der Waals surface area contributed by atoms with E-state index in [-0.39, 0.29) is 6.42 Å². The molecule has 0 spiro atoms. The molecule has 0 fully saturated rings. The molecule has 2 atom stereocenters. The van der Waals surface area contributed by atoms with Crippen LogP contribution in [-0.2, 0) is 4.79 Å². The highest BCUT2D eigenvalue weighted by atomic mass is 16.4. The molecule has 258 valence electrons. The number of aliphatic hydroxyl groups is 3. The second-order valence-corrected chi connectivity index (χ2v) is 13.8. The van der Waals surface area contributed by atoms with Crippen LogP contribution in [0, 0.1) is 0 Å². The lowest BCUT2D eigenvalue weighted by atomic mass is 9.86. The van der Waals surface area contributed by atoms with E-state index in [1.54, 1.807) is 0 Å². The van der Waals surface area contributed by atoms with E-state index in [0.29, 0.717) is 6.42 Å². The summed E-state index contributed by atoms with van der Waals surface area (Å²) >= 11 is 0. The van der Waals surface area contributed by atoms with Gasteiger partial charge < -0.3 is 15.3 Å². The third-order valence-electron chi connectivity index (χ3n) is 9.61. The number of carbonyl (C=O) groups is 1. The molecule has 0 aromatic rings. The van der Waals surface area contributed by atoms with Crippen molar-refractivity contribution in [3.63, 3.8) is 0 Å². The van der Waals surface area contributed by atoms with Crippen molar-refractivity contribution in [3.05, 3.63) is 0 Å². The van der Waals surface area contributed by atoms with Crippen molar-refractivity contribution < 1.29 is 20.1 Å². The van der Waals surface area contributed by atoms with Gasteiger partial charge in [-0.15, -0.1) is 0 Å². The molecule has 0 aliphatic carbocycles. The highest BCUT2D eigenvalue weighted by Gasteiger charge is 2.41. The second kappa shape index (κ2) is 32.9. The summed E-state index contributed by atoms with van der Waals surface area (Å²) in [7, 11) is 0. The van der Waals surface area contributed by atoms with Crippen molar-refractivity contribution in [2.24, 2.45) is 0 Å². The number of carbonyl (C=O) groups excluding carboxylic acids is 1. The predicted octanol–water partition coefficient (Wildman–Crippen LogP) is 11.6. The molecule has 0 amide bonds. The maximum atomic E-state index is 12.7. The fourth-order valence-corrected chi connectivity index (χ4v) is 6.38. The average molecular weight is 611 g/mol. The SMILES string of the molecule is CCCCCCCCCCCCCCCCCCCCC(O)C(O)(CO)C(=O)CCCCCCCCCCCCCCC. The Hall–Kier alpha value is -0.450. The lowest BCUT2D eigenvalue weighted by molar-refractivity contribution is -0.158. The summed E-state index contributed by atoms with van der Waals surface area (Å²) in [6.07, 6.45) is 39.1. The van der Waals surface area contributed by atoms with Gasteiger partial charge in [-0.3, -0.25) is 4.79 Å². The summed E-state index contributed by atoms with van der Waals surface area (Å²) in [5.41, 5.74) is -1.99. The van der Waals surface area contributed by atoms with Crippen LogP contribution in [-0.4, -0.2) is 39.4 Å². The van der Waals surface area contributed by atoms with Crippen LogP contribution < -0.4 is 0 Å². The molecule has 3 N–H and O–H groups in total. The van der Waals surface area contributed by atoms with E-state index in [0.717, 1.165) is 38.5 Å². The Morgan fingerprint density at radius 1 is 0.465 bits per heavy atom. The first-order valence-corrected chi connectivity index (χ1v) is 19.6. The van der Waals surface area contributed by atoms with Gasteiger partial charge in [0.05, 0.1) is 12.7 Å². The minimum Gasteiger partial charge on any atom is -0.393 e. The Bertz CT molecular complexity index is 565. The number of unbranched alkanes of at least 4 members (excludes halogenated alkanes) is 29. The van der Waals surface area contributed by atoms with Crippen molar-refractivity contribution >= 4 is 5.78 Å². The zero-order chi connectivity index (χ0) is 31.7. The van der Waals surface area contributed by atoms with Gasteiger partial charge in [0, 0.05) is 6.42 Å². The van der Waals surface area contributed by atoms with E-state index in [2.05, 4.69) is 13.8 Å². The first kappa shape index (κ1) is 42.6. The molecule has 0 rings (SSSR count). The number of rotatable bonds is 36. The van der Waals surface area contributed by atoms with Gasteiger partial charge in [-0.1, -0.05) is 206 Å². The molecule has 0 saturated carbocycles. The Morgan fingerprint density at radius 3 is 1.00 bits per heavy atom. The van der Waals surface area contributed by atoms with E-state index in [1.165, 1.54) is 161 Å². The van der Waals surface area contributed by atoms with Crippen LogP contribution in [0.4, 0.5) is 0 Å². The summed E-state index contributed by atoms with van der Waals surface area (Å²) in [4.78, 5) is 12.7. The number of hydrogen-bond acceptors (Lipinski definition) is 4. The van der Waals surface area contributed by atoms with Gasteiger partial charge in [-0.05, 0) is 12.8 Å². The maximum absolute atomic E-state index is 12.7. The zero-order valence-electron chi connectivity index (χ0n) is 29.4. The smallest absolute Gasteiger partial charge is 0.171 e. The molecular formula is C39H78O4. The third kappa shape index (κ3) is 26.5. The molecule has 0 aliphatic heterocycles. The van der Waals surface area contributed by atoms with Crippen molar-refractivity contribution in [1.29, 1.82) is 0 Å². The summed E-state index contributed by atoms with van der Waals surface area (Å²) in [6, 6.07) is 0. The van der Waals surface area contributed by atoms with E-state index in [9.17, 15) is 20.1 Å². The monoisotopic (exact) mass is 611 g/mol. The van der Waals surface area contributed by atoms with Gasteiger partial charge in [-0.25, -0.2) is 0 Å². The van der Waals surface area contributed by atoms with Crippen LogP contribution in [0.25, 0.3) is 0 Å². The Morgan fingerprint density at radius 2 is 0.721 bits per heavy atom. The summed E-state index contributed by atoms with van der Waals surface area (Å²) < 4.78 is 0. The number of Topliss-reactive ketones (excluding diaryl/α,β-unsaturated/α-hetero) is 1. The topological polar surface area (TPSA) is 77.8 Å². The lowest BCUT2D eigenvalue weighted by Crippen LogP contribution is -2.52. The van der Waals surface area contributed by atoms with E-state index >= 15 is 0 Å². The molecule has 0 saturated heterocycles. The molecule has 4 nitrogen and oxygen atoms in total. The minimum absolute atomic E-state index is 0.241. The molecule has 0 aromatic carbocycles. The van der Waals surface area contributed by atoms with E-state index in [1.807, 2.05) is 0 Å². The van der Waals surface area contributed by atoms with Crippen molar-refractivity contribution in [1.82, 2.24) is 0 Å². The predicted molar refractivity (Wildman–Crippen MR) is 187 cm³/mol. The Balaban J connectivity index is 3.64. The van der Waals surface area contributed by atoms with Gasteiger partial charge in [0.25, 0.3) is 0 Å². The Kier molecular flexibility index (Phi) is 32.6. The van der Waals surface area contributed by atoms with Crippen molar-refractivity contribution in [2.45, 2.75) is 237 Å². The molecular weight excluding hydrogens is 532 g/mol. The fourth-order valence-electron chi connectivity index (χ4n) is 6.38. The van der Waals surface area contributed by atoms with Gasteiger partial charge >= 0.3 is 0 Å². The summed E-state index contributed by atoms with van der Waals surface area (Å²) in [5, 5.41) is 31.0. The molecule has 43 heavy (non-hydrogen) atoms. The highest BCUT2D eigenvalue weighted by molar-refractivity contribution is 5.87. The molecule has 2 unspecified atom stereocenters. The minimum atomic E-state index is -1.99. The number of hydrogen-bond donors (Lipinski definition) is 3. The van der Waals surface area contributed by atoms with Crippen molar-refractivity contribution in [3.8, 4) is 0 Å². The van der Waals surface area contributed by atoms with Crippen LogP contribution in [0.3, 0.4) is 0 Å². The summed E-state index contributed by atoms with van der Waals surface area (Å²) in [5.74, 6) is -0.395. The largest absolute Gasteiger partial charge is 0.393 e. The molecule has 0 aromatic heterocycles. The van der Waals surface area contributed by atoms with Gasteiger partial charge in [0.15, 0.2) is 11.4 Å². The van der Waals surface area contributed by atoms with Crippen LogP contribution in [0.5, 0.6) is 0 Å². The quantitative estimate of drug-likeness (QED) is 0.0617. The first-order chi connectivity index (χ1) is 21.0. The Labute approximate surface area is 269 Å². The van der Waals surface area contributed by atoms with Crippen LogP contribution in [0.1, 0.15) is 226 Å². The fraction of sp³-hybridized carbons (Fsp3) is 0.974. The third-order valence-corrected chi connectivity index (χ3v) is 9.61. The normalized spacial score (nSPS) is 13.8. The lowest BCUT2D eigenvalue weighted by Gasteiger charge is -2.30. The standard InChI is InChI=1S/C39H78O4/c1-3-5-7-9-11-13-15-17-18-19-20-21-23-25-27-29-31-33-35-38(42)39(43,36-40)37(41)34-32-30-28-26-24-22-16-14-12-10-8-6-4-2/h38,40,42-43H,3-36H2,1-2H3. The molecule has 4 heteroatoms. The van der Waals surface area contributed by atoms with Gasteiger partial charge in [0.2, 0.25) is 0 Å². The van der Waals surface area contributed by atoms with Crippen LogP contribution >= 0.6 is 0 Å². The van der Waals surface area contributed by atoms with E-state index < -0.39 is 24.1 Å². The number of aliphatic hydroxyl groups excluding tert-OH is 2. The highest BCUT2D eigenvalue weighted by Crippen LogP contribution is 2.22. The van der Waals surface area contributed by atoms with Crippen LogP contribution in [0.15, 0.2) is 0 Å². The second-order valence-electron chi connectivity index (χ2n) is 13.8. The van der Waals surface area contributed by atoms with Crippen LogP contribution in [0.2, 0.25) is 0 Å². The maximum Gasteiger partial charge on any atom is 0.171 e. The van der Waals surface area contributed by atoms with Crippen molar-refractivity contribution in [2.75, 3.05) is 6.61 Å². The zero-order valence-corrected chi connectivity index (χ0v) is 29.4. The number of ketones is 1. The van der Waals surface area contributed by atoms with Gasteiger partial charge in [-0.2, -0.15) is 0 Å². The van der Waals surface area contributed by atoms with Gasteiger partial charge in [0.1, 0.15) is 0 Å². The molecule has 0 bridgehead atoms. The first-order valence-electron chi connectivity index (χ1n) is 19.6.